The van der Waals surface area contributed by atoms with Gasteiger partial charge in [0.2, 0.25) is 5.88 Å². The Balaban J connectivity index is 2.45. The van der Waals surface area contributed by atoms with E-state index in [0.717, 1.165) is 11.5 Å². The first-order valence-corrected chi connectivity index (χ1v) is 12.4. The van der Waals surface area contributed by atoms with Crippen LogP contribution in [0.2, 0.25) is 0 Å². The number of aromatic nitrogens is 2. The number of nitrogen functional groups attached to an aromatic ring is 1. The predicted molar refractivity (Wildman–Crippen MR) is 120 cm³/mol. The zero-order chi connectivity index (χ0) is 25.6. The minimum absolute atomic E-state index is 0.128. The molecule has 3 rings (SSSR count). The Hall–Kier alpha value is -3.69. The molecule has 0 aliphatic heterocycles. The van der Waals surface area contributed by atoms with Gasteiger partial charge in [0.05, 0.1) is 28.5 Å². The summed E-state index contributed by atoms with van der Waals surface area (Å²) < 4.78 is 70.1. The van der Waals surface area contributed by atoms with E-state index in [9.17, 15) is 35.8 Å². The summed E-state index contributed by atoms with van der Waals surface area (Å²) >= 11 is 0.870. The minimum Gasteiger partial charge on any atom is -0.502 e. The SMILES string of the molecule is [C-]#[N+]c1c(C)c(N=Nc2snc(C)c2N)c(=O)n(-c2cc(S(=O)(=O)O)ccc2S(=O)(=O)O)c1O. The van der Waals surface area contributed by atoms with Crippen LogP contribution in [0, 0.1) is 20.4 Å². The Labute approximate surface area is 196 Å². The molecule has 34 heavy (non-hydrogen) atoms. The lowest BCUT2D eigenvalue weighted by Gasteiger charge is -2.16. The predicted octanol–water partition coefficient (Wildman–Crippen LogP) is 2.66. The van der Waals surface area contributed by atoms with Crippen LogP contribution in [0.1, 0.15) is 11.3 Å². The maximum absolute atomic E-state index is 13.2. The number of anilines is 1. The monoisotopic (exact) mass is 526 g/mol. The van der Waals surface area contributed by atoms with Gasteiger partial charge in [0.1, 0.15) is 10.6 Å². The molecule has 2 aromatic heterocycles. The second-order valence-corrected chi connectivity index (χ2v) is 10.2. The molecule has 17 heteroatoms. The second-order valence-electron chi connectivity index (χ2n) is 6.66. The van der Waals surface area contributed by atoms with E-state index in [1.54, 1.807) is 6.92 Å². The van der Waals surface area contributed by atoms with Crippen molar-refractivity contribution in [3.8, 4) is 11.6 Å². The van der Waals surface area contributed by atoms with E-state index in [-0.39, 0.29) is 20.8 Å². The first kappa shape index (κ1) is 24.9. The third kappa shape index (κ3) is 4.40. The van der Waals surface area contributed by atoms with Crippen molar-refractivity contribution >= 4 is 53.8 Å². The molecule has 3 aromatic rings. The third-order valence-corrected chi connectivity index (χ3v) is 7.12. The Morgan fingerprint density at radius 1 is 1.15 bits per heavy atom. The van der Waals surface area contributed by atoms with Gasteiger partial charge in [-0.25, -0.2) is 4.85 Å². The smallest absolute Gasteiger partial charge is 0.296 e. The van der Waals surface area contributed by atoms with Gasteiger partial charge in [-0.3, -0.25) is 18.5 Å². The van der Waals surface area contributed by atoms with Gasteiger partial charge in [-0.2, -0.15) is 21.2 Å². The molecule has 0 unspecified atom stereocenters. The molecule has 0 fully saturated rings. The van der Waals surface area contributed by atoms with E-state index in [0.29, 0.717) is 23.9 Å². The maximum Gasteiger partial charge on any atom is 0.296 e. The molecule has 0 aliphatic carbocycles. The van der Waals surface area contributed by atoms with Crippen LogP contribution in [0.4, 0.5) is 22.1 Å². The summed E-state index contributed by atoms with van der Waals surface area (Å²) in [7, 11) is -9.98. The molecule has 1 aromatic carbocycles. The number of benzene rings is 1. The Morgan fingerprint density at radius 2 is 1.79 bits per heavy atom. The van der Waals surface area contributed by atoms with E-state index < -0.39 is 58.5 Å². The van der Waals surface area contributed by atoms with Crippen molar-refractivity contribution in [2.24, 2.45) is 10.2 Å². The van der Waals surface area contributed by atoms with E-state index in [1.807, 2.05) is 0 Å². The van der Waals surface area contributed by atoms with Crippen LogP contribution >= 0.6 is 11.5 Å². The van der Waals surface area contributed by atoms with Crippen LogP contribution in [0.3, 0.4) is 0 Å². The van der Waals surface area contributed by atoms with Crippen LogP contribution in [-0.2, 0) is 20.2 Å². The number of rotatable bonds is 5. The van der Waals surface area contributed by atoms with Crippen molar-refractivity contribution in [2.45, 2.75) is 23.6 Å². The topological polar surface area (TPSA) is 219 Å². The number of hydrogen-bond acceptors (Lipinski definition) is 11. The van der Waals surface area contributed by atoms with E-state index in [2.05, 4.69) is 19.4 Å². The highest BCUT2D eigenvalue weighted by atomic mass is 32.2. The lowest BCUT2D eigenvalue weighted by atomic mass is 10.2. The summed E-state index contributed by atoms with van der Waals surface area (Å²) in [5.41, 5.74) is 3.19. The van der Waals surface area contributed by atoms with E-state index in [1.165, 1.54) is 6.92 Å². The lowest BCUT2D eigenvalue weighted by Crippen LogP contribution is -2.21. The van der Waals surface area contributed by atoms with Crippen LogP contribution in [0.5, 0.6) is 5.88 Å². The van der Waals surface area contributed by atoms with Crippen molar-refractivity contribution < 1.29 is 31.0 Å². The third-order valence-electron chi connectivity index (χ3n) is 4.53. The fraction of sp³-hybridized carbons (Fsp3) is 0.118. The molecule has 0 radical (unpaired) electrons. The van der Waals surface area contributed by atoms with Crippen LogP contribution in [-0.4, -0.2) is 40.0 Å². The molecule has 0 atom stereocenters. The molecule has 0 bridgehead atoms. The van der Waals surface area contributed by atoms with Gasteiger partial charge in [-0.05, 0) is 49.1 Å². The van der Waals surface area contributed by atoms with Crippen molar-refractivity contribution in [3.05, 3.63) is 51.2 Å². The van der Waals surface area contributed by atoms with Gasteiger partial charge >= 0.3 is 0 Å². The Morgan fingerprint density at radius 3 is 2.29 bits per heavy atom. The Bertz CT molecular complexity index is 1680. The number of nitrogens with two attached hydrogens (primary N) is 1. The molecule has 0 aliphatic rings. The standard InChI is InChI=1S/C17H14N6O8S3/c1-7-13(19-3)16(24)23(17(25)14(7)20-21-15-12(18)8(2)22-32-15)10-6-9(33(26,27)28)4-5-11(10)34(29,30)31/h4-6,24H,18H2,1-2H3,(H,26,27,28)(H,29,30,31). The molecule has 0 saturated carbocycles. The molecular weight excluding hydrogens is 512 g/mol. The van der Waals surface area contributed by atoms with Gasteiger partial charge in [0.25, 0.3) is 31.5 Å². The summed E-state index contributed by atoms with van der Waals surface area (Å²) in [4.78, 5) is 14.5. The first-order valence-electron chi connectivity index (χ1n) is 8.77. The zero-order valence-corrected chi connectivity index (χ0v) is 19.6. The van der Waals surface area contributed by atoms with E-state index >= 15 is 0 Å². The summed E-state index contributed by atoms with van der Waals surface area (Å²) in [5.74, 6) is -1.07. The fourth-order valence-electron chi connectivity index (χ4n) is 2.81. The molecule has 0 saturated heterocycles. The number of azo groups is 1. The Kier molecular flexibility index (Phi) is 6.30. The molecule has 0 amide bonds. The van der Waals surface area contributed by atoms with Gasteiger partial charge < -0.3 is 10.8 Å². The van der Waals surface area contributed by atoms with Gasteiger partial charge in [-0.1, -0.05) is 0 Å². The molecule has 178 valence electrons. The number of aromatic hydroxyl groups is 1. The van der Waals surface area contributed by atoms with Gasteiger partial charge in [0, 0.05) is 0 Å². The molecule has 5 N–H and O–H groups in total. The van der Waals surface area contributed by atoms with Gasteiger partial charge in [0.15, 0.2) is 5.00 Å². The molecular formula is C17H14N6O8S3. The highest BCUT2D eigenvalue weighted by Gasteiger charge is 2.27. The van der Waals surface area contributed by atoms with Crippen molar-refractivity contribution in [2.75, 3.05) is 5.73 Å². The van der Waals surface area contributed by atoms with E-state index in [4.69, 9.17) is 12.3 Å². The van der Waals surface area contributed by atoms with Gasteiger partial charge in [-0.15, -0.1) is 10.2 Å². The molecule has 2 heterocycles. The van der Waals surface area contributed by atoms with Crippen molar-refractivity contribution in [1.82, 2.24) is 8.94 Å². The quantitative estimate of drug-likeness (QED) is 0.216. The lowest BCUT2D eigenvalue weighted by molar-refractivity contribution is 0.436. The summed E-state index contributed by atoms with van der Waals surface area (Å²) in [6, 6.07) is 1.77. The summed E-state index contributed by atoms with van der Waals surface area (Å²) in [6.45, 7) is 10.2. The number of hydrogen-bond donors (Lipinski definition) is 4. The van der Waals surface area contributed by atoms with Crippen LogP contribution in [0.15, 0.2) is 43.0 Å². The molecule has 14 nitrogen and oxygen atoms in total. The number of pyridine rings is 1. The number of aryl methyl sites for hydroxylation is 1. The average Bonchev–Trinajstić information content (AvgIpc) is 3.04. The second kappa shape index (κ2) is 8.58. The number of nitrogens with zero attached hydrogens (tertiary/aromatic N) is 5. The normalized spacial score (nSPS) is 12.2. The maximum atomic E-state index is 13.2. The summed E-state index contributed by atoms with van der Waals surface area (Å²) in [5, 5.41) is 18.4. The highest BCUT2D eigenvalue weighted by Crippen LogP contribution is 2.38. The minimum atomic E-state index is -5.08. The zero-order valence-electron chi connectivity index (χ0n) is 17.2. The van der Waals surface area contributed by atoms with Crippen molar-refractivity contribution in [3.63, 3.8) is 0 Å². The first-order chi connectivity index (χ1) is 15.7. The molecule has 0 spiro atoms. The summed E-state index contributed by atoms with van der Waals surface area (Å²) in [6.07, 6.45) is 0. The average molecular weight is 527 g/mol. The highest BCUT2D eigenvalue weighted by molar-refractivity contribution is 7.86. The largest absolute Gasteiger partial charge is 0.502 e. The van der Waals surface area contributed by atoms with Crippen LogP contribution in [0.25, 0.3) is 10.5 Å². The van der Waals surface area contributed by atoms with Crippen LogP contribution < -0.4 is 11.3 Å². The van der Waals surface area contributed by atoms with Crippen molar-refractivity contribution in [1.29, 1.82) is 0 Å². The fourth-order valence-corrected chi connectivity index (χ4v) is 4.61.